The zero-order valence-corrected chi connectivity index (χ0v) is 57.8. The molecule has 40 heteroatoms. The Kier molecular flexibility index (Phi) is 26.8. The van der Waals surface area contributed by atoms with Crippen LogP contribution in [0.5, 0.6) is 0 Å². The summed E-state index contributed by atoms with van der Waals surface area (Å²) in [7, 11) is 0. The molecule has 6 N–H and O–H groups in total. The standard InChI is InChI=1S/C23H16F5N5O.C22H14F5N5O2.C12H6F4N2O2.C11H12FN3.Cl3OP/c1-2-14-10-20(33(32-14)15-6-4-13(24)5-7-15)31-22(34)17-11-16(21-29-8-3-9-30-21)18(12-19(17)25)23(26,27)28;23-12-2-4-14(5-3-12)32-19(8-13(11-33)31-32)30-21(34)16-9-15(20-28-6-1-7-29-20)17(10-18(16)24)22(25,26)27;13-9-5-8(12(14,15)16)6(4-7(9)11(19)20)10-17-2-1-3-18-10;1-2-9-7-11(13)15(14-9)10-5-3-8(12)4-6-10;1-5(2,3)4/h3-12H,2H2,1H3,(H,31,34);1-10,33H,11H2,(H,30,34);1-5H,(H,19,20);3-7H,2,13H2,1H3;. The molecule has 0 saturated heterocycles. The fourth-order valence-corrected chi connectivity index (χ4v) is 9.43. The van der Waals surface area contributed by atoms with Crippen LogP contribution in [0, 0.1) is 34.9 Å². The molecule has 6 aromatic carbocycles. The molecule has 0 saturated carbocycles. The number of benzene rings is 6. The minimum atomic E-state index is -4.93. The molecule has 0 fully saturated rings. The van der Waals surface area contributed by atoms with Crippen LogP contribution in [0.2, 0.25) is 0 Å². The number of hydrogen-bond donors (Lipinski definition) is 5. The Morgan fingerprint density at radius 2 is 0.722 bits per heavy atom. The van der Waals surface area contributed by atoms with Gasteiger partial charge in [0.05, 0.1) is 74.1 Å². The highest BCUT2D eigenvalue weighted by atomic mass is 36.0. The molecule has 562 valence electrons. The molecule has 0 aliphatic rings. The minimum Gasteiger partial charge on any atom is -0.478 e. The number of aliphatic hydroxyl groups is 1. The van der Waals surface area contributed by atoms with Gasteiger partial charge >= 0.3 is 29.7 Å². The molecular formula is C68H48Cl3F15N15O6P. The number of nitrogen functional groups attached to an aromatic ring is 1. The second-order valence-electron chi connectivity index (χ2n) is 21.6. The van der Waals surface area contributed by atoms with Crippen molar-refractivity contribution in [3.8, 4) is 51.2 Å². The van der Waals surface area contributed by atoms with Crippen molar-refractivity contribution in [2.24, 2.45) is 0 Å². The van der Waals surface area contributed by atoms with Crippen molar-refractivity contribution in [1.29, 1.82) is 0 Å². The van der Waals surface area contributed by atoms with Gasteiger partial charge in [-0.25, -0.2) is 75.1 Å². The van der Waals surface area contributed by atoms with E-state index in [1.54, 1.807) is 16.8 Å². The number of alkyl halides is 9. The van der Waals surface area contributed by atoms with Crippen molar-refractivity contribution in [2.75, 3.05) is 16.4 Å². The second kappa shape index (κ2) is 35.2. The number of halogens is 18. The summed E-state index contributed by atoms with van der Waals surface area (Å²) in [5.74, 6) is -9.60. The SMILES string of the molecule is CCc1cc(N)n(-c2ccc(F)cc2)n1.CCc1cc(NC(=O)c2cc(-c3ncccn3)c(C(F)(F)F)cc2F)n(-c2ccc(F)cc2)n1.O=C(Nc1cc(CO)nn1-c1ccc(F)cc1)c1cc(-c2ncccn2)c(C(F)(F)F)cc1F.O=C(O)c1cc(-c2ncccn2)c(C(F)(F)F)cc1F.O=P(Cl)(Cl)Cl. The summed E-state index contributed by atoms with van der Waals surface area (Å²) in [6, 6.07) is 27.8. The van der Waals surface area contributed by atoms with E-state index in [0.717, 1.165) is 40.7 Å². The van der Waals surface area contributed by atoms with Crippen molar-refractivity contribution in [2.45, 2.75) is 51.8 Å². The number of nitrogens with two attached hydrogens (primary N) is 1. The fraction of sp³-hybridized carbons (Fsp3) is 0.118. The van der Waals surface area contributed by atoms with Crippen LogP contribution in [0.1, 0.15) is 78.7 Å². The Morgan fingerprint density at radius 1 is 0.444 bits per heavy atom. The van der Waals surface area contributed by atoms with E-state index in [2.05, 4.69) is 89.6 Å². The molecule has 21 nitrogen and oxygen atoms in total. The molecule has 0 unspecified atom stereocenters. The Morgan fingerprint density at radius 3 is 1.02 bits per heavy atom. The van der Waals surface area contributed by atoms with Crippen molar-refractivity contribution in [3.63, 3.8) is 0 Å². The number of aromatic carboxylic acids is 1. The van der Waals surface area contributed by atoms with E-state index in [1.165, 1.54) is 121 Å². The Balaban J connectivity index is 0.000000185. The minimum absolute atomic E-state index is 0.0301. The highest BCUT2D eigenvalue weighted by molar-refractivity contribution is 8.24. The quantitative estimate of drug-likeness (QED) is 0.0499. The highest BCUT2D eigenvalue weighted by Crippen LogP contribution is 2.61. The molecule has 108 heavy (non-hydrogen) atoms. The number of hydrogen-bond acceptors (Lipinski definition) is 15. The van der Waals surface area contributed by atoms with Gasteiger partial charge in [0.2, 0.25) is 0 Å². The molecule has 0 aliphatic carbocycles. The highest BCUT2D eigenvalue weighted by Gasteiger charge is 2.39. The molecule has 0 radical (unpaired) electrons. The summed E-state index contributed by atoms with van der Waals surface area (Å²) in [6.07, 6.45) is -6.06. The number of carbonyl (C=O) groups is 3. The molecule has 0 bridgehead atoms. The van der Waals surface area contributed by atoms with Crippen LogP contribution in [0.25, 0.3) is 51.2 Å². The third kappa shape index (κ3) is 21.8. The molecule has 2 amide bonds. The third-order valence-corrected chi connectivity index (χ3v) is 14.3. The van der Waals surface area contributed by atoms with E-state index in [4.69, 9.17) is 10.8 Å². The van der Waals surface area contributed by atoms with Crippen molar-refractivity contribution >= 4 is 74.2 Å². The maximum atomic E-state index is 14.7. The lowest BCUT2D eigenvalue weighted by molar-refractivity contribution is -0.138. The van der Waals surface area contributed by atoms with Gasteiger partial charge in [-0.05, 0) is 174 Å². The third-order valence-electron chi connectivity index (χ3n) is 14.3. The van der Waals surface area contributed by atoms with Gasteiger partial charge in [-0.1, -0.05) is 13.8 Å². The monoisotopic (exact) mass is 1590 g/mol. The average Bonchev–Trinajstić information content (AvgIpc) is 1.07. The number of carboxylic acid groups (broad SMARTS) is 1. The van der Waals surface area contributed by atoms with Crippen LogP contribution in [0.3, 0.4) is 0 Å². The summed E-state index contributed by atoms with van der Waals surface area (Å²) >= 11 is 13.8. The molecular weight excluding hydrogens is 1550 g/mol. The summed E-state index contributed by atoms with van der Waals surface area (Å²) in [5.41, 5.74) is 1.03. The molecule has 6 heterocycles. The lowest BCUT2D eigenvalue weighted by atomic mass is 10.0. The van der Waals surface area contributed by atoms with Crippen molar-refractivity contribution in [1.82, 2.24) is 59.2 Å². The van der Waals surface area contributed by atoms with Gasteiger partial charge in [0.15, 0.2) is 17.5 Å². The van der Waals surface area contributed by atoms with Gasteiger partial charge in [0, 0.05) is 72.1 Å². The Labute approximate surface area is 613 Å². The van der Waals surface area contributed by atoms with E-state index in [1.807, 2.05) is 19.9 Å². The second-order valence-corrected chi connectivity index (χ2v) is 28.2. The van der Waals surface area contributed by atoms with Crippen molar-refractivity contribution < 1.29 is 95.0 Å². The molecule has 12 aromatic rings. The van der Waals surface area contributed by atoms with E-state index in [-0.39, 0.29) is 58.8 Å². The summed E-state index contributed by atoms with van der Waals surface area (Å²) in [6.45, 7) is 3.34. The molecule has 6 aromatic heterocycles. The maximum Gasteiger partial charge on any atom is 0.417 e. The molecule has 0 spiro atoms. The summed E-state index contributed by atoms with van der Waals surface area (Å²) < 4.78 is 215. The predicted octanol–water partition coefficient (Wildman–Crippen LogP) is 17.8. The lowest BCUT2D eigenvalue weighted by Crippen LogP contribution is -2.18. The smallest absolute Gasteiger partial charge is 0.417 e. The zero-order valence-electron chi connectivity index (χ0n) is 54.7. The van der Waals surface area contributed by atoms with Gasteiger partial charge in [0.1, 0.15) is 52.4 Å². The number of aryl methyl sites for hydroxylation is 2. The number of aliphatic hydroxyl groups excluding tert-OH is 1. The van der Waals surface area contributed by atoms with Gasteiger partial charge < -0.3 is 26.6 Å². The van der Waals surface area contributed by atoms with Gasteiger partial charge in [-0.3, -0.25) is 14.2 Å². The van der Waals surface area contributed by atoms with Crippen LogP contribution >= 0.6 is 38.9 Å². The van der Waals surface area contributed by atoms with Crippen LogP contribution in [0.4, 0.5) is 83.3 Å². The zero-order chi connectivity index (χ0) is 79.2. The van der Waals surface area contributed by atoms with Crippen molar-refractivity contribution in [3.05, 3.63) is 268 Å². The number of carboxylic acids is 1. The van der Waals surface area contributed by atoms with Gasteiger partial charge in [-0.15, -0.1) is 0 Å². The Hall–Kier alpha value is -11.6. The predicted molar refractivity (Wildman–Crippen MR) is 365 cm³/mol. The topological polar surface area (TPSA) is 290 Å². The fourth-order valence-electron chi connectivity index (χ4n) is 9.43. The Bertz CT molecular complexity index is 4980. The average molecular weight is 1590 g/mol. The number of aromatic nitrogens is 12. The summed E-state index contributed by atoms with van der Waals surface area (Å²) in [4.78, 5) is 59.0. The van der Waals surface area contributed by atoms with Crippen LogP contribution in [0.15, 0.2) is 183 Å². The first-order chi connectivity index (χ1) is 50.8. The number of nitrogens with zero attached hydrogens (tertiary/aromatic N) is 12. The summed E-state index contributed by atoms with van der Waals surface area (Å²) in [5, 5.41) is 32.5. The van der Waals surface area contributed by atoms with E-state index >= 15 is 0 Å². The molecule has 0 aliphatic heterocycles. The van der Waals surface area contributed by atoms with E-state index in [9.17, 15) is 89.9 Å². The van der Waals surface area contributed by atoms with Crippen LogP contribution < -0.4 is 16.4 Å². The van der Waals surface area contributed by atoms with E-state index < -0.39 is 127 Å². The normalized spacial score (nSPS) is 11.3. The lowest BCUT2D eigenvalue weighted by Gasteiger charge is -2.15. The molecule has 12 rings (SSSR count). The van der Waals surface area contributed by atoms with Gasteiger partial charge in [-0.2, -0.15) is 54.8 Å². The van der Waals surface area contributed by atoms with Crippen LogP contribution in [-0.2, 0) is 42.5 Å². The van der Waals surface area contributed by atoms with Crippen LogP contribution in [-0.4, -0.2) is 87.2 Å². The first-order valence-electron chi connectivity index (χ1n) is 30.4. The number of carbonyl (C=O) groups excluding carboxylic acids is 2. The number of amides is 2. The number of rotatable bonds is 14. The first-order valence-corrected chi connectivity index (χ1v) is 34.8. The first kappa shape index (κ1) is 82.1. The van der Waals surface area contributed by atoms with Gasteiger partial charge in [0.25, 0.3) is 11.8 Å². The molecule has 0 atom stereocenters. The number of nitrogens with one attached hydrogen (secondary N) is 2. The number of anilines is 3. The van der Waals surface area contributed by atoms with E-state index in [0.29, 0.717) is 41.4 Å². The largest absolute Gasteiger partial charge is 0.478 e. The maximum absolute atomic E-state index is 14.7.